The van der Waals surface area contributed by atoms with Crippen molar-refractivity contribution in [3.63, 3.8) is 0 Å². The summed E-state index contributed by atoms with van der Waals surface area (Å²) in [5.74, 6) is -9.27. The Morgan fingerprint density at radius 1 is 0.779 bits per heavy atom. The lowest BCUT2D eigenvalue weighted by atomic mass is 9.86. The summed E-state index contributed by atoms with van der Waals surface area (Å²) in [6, 6.07) is -0.597. The molecule has 0 aliphatic rings. The molecule has 432 valence electrons. The first kappa shape index (κ1) is 68.1. The average Bonchev–Trinajstić information content (AvgIpc) is 3.78. The molecule has 15 N–H and O–H groups in total. The highest BCUT2D eigenvalue weighted by Crippen LogP contribution is 2.33. The highest BCUT2D eigenvalue weighted by molar-refractivity contribution is 8.76. The van der Waals surface area contributed by atoms with Gasteiger partial charge in [-0.05, 0) is 82.2 Å². The van der Waals surface area contributed by atoms with Gasteiger partial charge in [0.15, 0.2) is 11.6 Å². The van der Waals surface area contributed by atoms with Gasteiger partial charge in [0.1, 0.15) is 47.9 Å². The van der Waals surface area contributed by atoms with E-state index in [-0.39, 0.29) is 43.8 Å². The van der Waals surface area contributed by atoms with E-state index >= 15 is 0 Å². The number of thiol groups is 1. The first-order valence-electron chi connectivity index (χ1n) is 25.2. The van der Waals surface area contributed by atoms with E-state index in [1.165, 1.54) is 20.8 Å². The van der Waals surface area contributed by atoms with E-state index in [0.29, 0.717) is 23.9 Å². The van der Waals surface area contributed by atoms with Crippen LogP contribution in [0, 0.1) is 17.3 Å². The number of rotatable bonds is 37. The number of nitrogens with one attached hydrogen (secondary N) is 9. The van der Waals surface area contributed by atoms with Gasteiger partial charge in [0, 0.05) is 47.0 Å². The monoisotopic (exact) mass is 1140 g/mol. The van der Waals surface area contributed by atoms with Gasteiger partial charge < -0.3 is 68.4 Å². The number of carbonyl (C=O) groups excluding carboxylic acids is 10. The minimum Gasteiger partial charge on any atom is -0.394 e. The maximum Gasteiger partial charge on any atom is 0.245 e. The second kappa shape index (κ2) is 33.5. The number of H-pyrrole nitrogens is 1. The molecular formula is C50H80N10O14S3. The quantitative estimate of drug-likeness (QED) is 0.0203. The van der Waals surface area contributed by atoms with Crippen molar-refractivity contribution in [1.82, 2.24) is 46.9 Å². The number of amides is 6. The van der Waals surface area contributed by atoms with E-state index in [4.69, 9.17) is 5.73 Å². The van der Waals surface area contributed by atoms with Gasteiger partial charge in [-0.2, -0.15) is 12.6 Å². The summed E-state index contributed by atoms with van der Waals surface area (Å²) in [6.45, 7) is 10.7. The second-order valence-electron chi connectivity index (χ2n) is 20.2. The number of hydrogen-bond donors (Lipinski definition) is 15. The molecule has 27 heteroatoms. The molecule has 2 unspecified atom stereocenters. The zero-order valence-corrected chi connectivity index (χ0v) is 47.6. The number of hydrogen-bond acceptors (Lipinski definition) is 20. The fourth-order valence-electron chi connectivity index (χ4n) is 7.65. The number of carbonyl (C=O) groups is 10. The third kappa shape index (κ3) is 22.7. The minimum absolute atomic E-state index is 0.142. The standard InChI is InChI=1S/C50H80N10O14S3/c1-25(2)42(67)43(68)38(76-77-60-37(24-75)47(72)55-22-39(66)58-40(27(4)63)45(51)70)19-29(14-15-31(65)21-54-33(26(3)62)16-17-52-9)46(71)59-41(28(5)64)49(74)56-35(18-30-20-53-34-13-11-10-12-32(30)34)48(73)57-36(23-61)44(69)50(6,7)8/h10-13,20,25,27-29,33,35-38,40-42,52-54,60-61,63-64,67,75H,14-19,21-24H2,1-9H3,(H2,51,70)(H,55,72)(H,56,74)(H,57,73)(H,58,66)(H,59,71)/t27-,28-,29+,33+,35+,36+,37?,38?,40+,41+,42+/m1/s1. The molecule has 1 heterocycles. The van der Waals surface area contributed by atoms with Gasteiger partial charge in [-0.15, -0.1) is 0 Å². The molecule has 0 aliphatic heterocycles. The van der Waals surface area contributed by atoms with Crippen LogP contribution in [0.3, 0.4) is 0 Å². The fraction of sp³-hybridized carbons (Fsp3) is 0.640. The van der Waals surface area contributed by atoms with Crippen LogP contribution in [0.15, 0.2) is 30.5 Å². The molecule has 6 amide bonds. The number of aliphatic hydroxyl groups excluding tert-OH is 4. The molecule has 0 spiro atoms. The molecule has 24 nitrogen and oxygen atoms in total. The molecule has 2 rings (SSSR count). The van der Waals surface area contributed by atoms with Gasteiger partial charge in [-0.25, -0.2) is 4.72 Å². The van der Waals surface area contributed by atoms with Crippen LogP contribution in [0.4, 0.5) is 0 Å². The zero-order valence-electron chi connectivity index (χ0n) is 45.1. The van der Waals surface area contributed by atoms with Crippen molar-refractivity contribution in [2.24, 2.45) is 23.0 Å². The van der Waals surface area contributed by atoms with E-state index < -0.39 is 143 Å². The van der Waals surface area contributed by atoms with Crippen LogP contribution in [-0.2, 0) is 54.4 Å². The molecule has 77 heavy (non-hydrogen) atoms. The molecule has 0 saturated heterocycles. The van der Waals surface area contributed by atoms with Gasteiger partial charge in [0.25, 0.3) is 0 Å². The lowest BCUT2D eigenvalue weighted by Crippen LogP contribution is -2.60. The first-order valence-corrected chi connectivity index (χ1v) is 28.1. The molecule has 0 bridgehead atoms. The summed E-state index contributed by atoms with van der Waals surface area (Å²) < 4.78 is 2.83. The molecule has 1 aromatic heterocycles. The number of fused-ring (bicyclic) bond motifs is 1. The van der Waals surface area contributed by atoms with Gasteiger partial charge in [-0.3, -0.25) is 47.9 Å². The molecule has 1 aromatic carbocycles. The number of ketones is 4. The van der Waals surface area contributed by atoms with Gasteiger partial charge in [0.2, 0.25) is 35.4 Å². The number of para-hydroxylation sites is 1. The van der Waals surface area contributed by atoms with Crippen LogP contribution < -0.4 is 47.7 Å². The van der Waals surface area contributed by atoms with Crippen LogP contribution in [0.5, 0.6) is 0 Å². The number of Topliss-reactive ketones (excluding diaryl/α,β-unsaturated/α-hetero) is 4. The second-order valence-corrected chi connectivity index (χ2v) is 22.8. The largest absolute Gasteiger partial charge is 0.394 e. The summed E-state index contributed by atoms with van der Waals surface area (Å²) in [4.78, 5) is 136. The van der Waals surface area contributed by atoms with Crippen LogP contribution in [0.2, 0.25) is 0 Å². The normalized spacial score (nSPS) is 16.0. The predicted molar refractivity (Wildman–Crippen MR) is 296 cm³/mol. The Balaban J connectivity index is 2.53. The third-order valence-electron chi connectivity index (χ3n) is 12.3. The zero-order chi connectivity index (χ0) is 58.3. The van der Waals surface area contributed by atoms with Crippen LogP contribution in [-0.4, -0.2) is 183 Å². The molecule has 0 fully saturated rings. The number of aliphatic hydroxyl groups is 4. The molecule has 2 aromatic rings. The minimum atomic E-state index is -1.77. The maximum absolute atomic E-state index is 14.6. The van der Waals surface area contributed by atoms with Crippen LogP contribution >= 0.6 is 34.4 Å². The molecule has 0 saturated carbocycles. The first-order chi connectivity index (χ1) is 36.1. The predicted octanol–water partition coefficient (Wildman–Crippen LogP) is -1.73. The number of nitrogens with two attached hydrogens (primary N) is 1. The van der Waals surface area contributed by atoms with Gasteiger partial charge >= 0.3 is 0 Å². The van der Waals surface area contributed by atoms with Gasteiger partial charge in [-0.1, -0.05) is 63.6 Å². The molecule has 11 atom stereocenters. The summed E-state index contributed by atoms with van der Waals surface area (Å²) in [7, 11) is 3.31. The van der Waals surface area contributed by atoms with Crippen molar-refractivity contribution < 1.29 is 68.4 Å². The van der Waals surface area contributed by atoms with Crippen molar-refractivity contribution in [3.05, 3.63) is 36.0 Å². The van der Waals surface area contributed by atoms with Crippen LogP contribution in [0.25, 0.3) is 10.9 Å². The fourth-order valence-corrected chi connectivity index (χ4v) is 10.4. The number of aromatic amines is 1. The average molecular weight is 1140 g/mol. The number of benzene rings is 1. The van der Waals surface area contributed by atoms with Crippen molar-refractivity contribution >= 4 is 104 Å². The molecule has 0 aliphatic carbocycles. The topological polar surface area (TPSA) is 390 Å². The Kier molecular flexibility index (Phi) is 29.6. The Morgan fingerprint density at radius 2 is 1.42 bits per heavy atom. The van der Waals surface area contributed by atoms with E-state index in [1.54, 1.807) is 72.1 Å². The van der Waals surface area contributed by atoms with E-state index in [1.807, 2.05) is 0 Å². The summed E-state index contributed by atoms with van der Waals surface area (Å²) in [6.07, 6.45) is -3.54. The Hall–Kier alpha value is -4.97. The van der Waals surface area contributed by atoms with Gasteiger partial charge in [0.05, 0.1) is 43.2 Å². The van der Waals surface area contributed by atoms with Crippen molar-refractivity contribution in [1.29, 1.82) is 0 Å². The van der Waals surface area contributed by atoms with E-state index in [2.05, 4.69) is 59.6 Å². The Bertz CT molecular complexity index is 2330. The van der Waals surface area contributed by atoms with Crippen LogP contribution in [0.1, 0.15) is 86.6 Å². The molecule has 0 radical (unpaired) electrons. The maximum atomic E-state index is 14.6. The summed E-state index contributed by atoms with van der Waals surface area (Å²) in [5, 5.41) is 59.7. The Morgan fingerprint density at radius 3 is 1.97 bits per heavy atom. The summed E-state index contributed by atoms with van der Waals surface area (Å²) in [5.41, 5.74) is 5.56. The van der Waals surface area contributed by atoms with Crippen molar-refractivity contribution in [2.75, 3.05) is 39.0 Å². The van der Waals surface area contributed by atoms with Crippen molar-refractivity contribution in [3.8, 4) is 0 Å². The summed E-state index contributed by atoms with van der Waals surface area (Å²) >= 11 is 4.23. The Labute approximate surface area is 462 Å². The highest BCUT2D eigenvalue weighted by Gasteiger charge is 2.38. The SMILES string of the molecule is CNCC[C@H](NCC(=O)CC[C@@H](CC(SSNC(CS)C(=O)NCC(=O)N[C@H](C(N)=O)[C@@H](C)O)C(=O)[C@@H](O)C(C)C)C(=O)N[C@H](C(=O)N[C@@H](Cc1c[nH]c2ccccc12)C(=O)N[C@@H](CO)C(=O)C(C)(C)C)[C@@H](C)O)C(C)=O. The molecular weight excluding hydrogens is 1060 g/mol. The smallest absolute Gasteiger partial charge is 0.245 e. The van der Waals surface area contributed by atoms with E-state index in [9.17, 15) is 68.4 Å². The third-order valence-corrected chi connectivity index (χ3v) is 15.1. The lowest BCUT2D eigenvalue weighted by molar-refractivity contribution is -0.137. The lowest BCUT2D eigenvalue weighted by Gasteiger charge is -2.29. The highest BCUT2D eigenvalue weighted by atomic mass is 33.1. The van der Waals surface area contributed by atoms with E-state index in [0.717, 1.165) is 27.3 Å². The number of primary amides is 1. The van der Waals surface area contributed by atoms with Crippen molar-refractivity contribution in [2.45, 2.75) is 147 Å². The number of aromatic nitrogens is 1.